The van der Waals surface area contributed by atoms with Crippen molar-refractivity contribution in [3.8, 4) is 0 Å². The summed E-state index contributed by atoms with van der Waals surface area (Å²) >= 11 is 0. The Morgan fingerprint density at radius 1 is 1.50 bits per heavy atom. The minimum atomic E-state index is 0.620. The van der Waals surface area contributed by atoms with Crippen molar-refractivity contribution in [2.75, 3.05) is 25.0 Å². The van der Waals surface area contributed by atoms with Gasteiger partial charge in [0.15, 0.2) is 0 Å². The fraction of sp³-hybridized carbons (Fsp3) is 0.500. The third kappa shape index (κ3) is 1.62. The first-order valence-electron chi connectivity index (χ1n) is 5.21. The molecule has 2 rings (SSSR count). The molecule has 1 aliphatic rings. The van der Waals surface area contributed by atoms with Crippen LogP contribution in [0.3, 0.4) is 0 Å². The Hall–Kier alpha value is -1.02. The van der Waals surface area contributed by atoms with Gasteiger partial charge < -0.3 is 10.6 Å². The lowest BCUT2D eigenvalue weighted by atomic mass is 9.92. The van der Waals surface area contributed by atoms with Gasteiger partial charge in [-0.05, 0) is 37.4 Å². The number of benzene rings is 1. The van der Waals surface area contributed by atoms with E-state index in [-0.39, 0.29) is 0 Å². The molecule has 1 aliphatic heterocycles. The zero-order valence-electron chi connectivity index (χ0n) is 8.96. The van der Waals surface area contributed by atoms with Crippen LogP contribution in [0.1, 0.15) is 11.1 Å². The summed E-state index contributed by atoms with van der Waals surface area (Å²) in [5, 5.41) is 0. The third-order valence-electron chi connectivity index (χ3n) is 3.02. The summed E-state index contributed by atoms with van der Waals surface area (Å²) in [7, 11) is 2.15. The van der Waals surface area contributed by atoms with E-state index in [9.17, 15) is 0 Å². The van der Waals surface area contributed by atoms with Crippen LogP contribution in [0.2, 0.25) is 0 Å². The second-order valence-electron chi connectivity index (χ2n) is 4.32. The van der Waals surface area contributed by atoms with Crippen molar-refractivity contribution in [3.05, 3.63) is 29.3 Å². The summed E-state index contributed by atoms with van der Waals surface area (Å²) in [6, 6.07) is 6.68. The number of anilines is 1. The van der Waals surface area contributed by atoms with E-state index in [1.807, 2.05) is 0 Å². The fourth-order valence-corrected chi connectivity index (χ4v) is 2.27. The highest BCUT2D eigenvalue weighted by atomic mass is 15.1. The average Bonchev–Trinajstić information content (AvgIpc) is 2.16. The quantitative estimate of drug-likeness (QED) is 0.728. The molecule has 0 saturated carbocycles. The van der Waals surface area contributed by atoms with Gasteiger partial charge in [-0.3, -0.25) is 0 Å². The molecule has 2 heteroatoms. The maximum Gasteiger partial charge on any atom is 0.0396 e. The second kappa shape index (κ2) is 3.62. The molecule has 0 aliphatic carbocycles. The van der Waals surface area contributed by atoms with Crippen LogP contribution in [0.15, 0.2) is 18.2 Å². The summed E-state index contributed by atoms with van der Waals surface area (Å²) in [6.07, 6.45) is 1.14. The van der Waals surface area contributed by atoms with Crippen molar-refractivity contribution >= 4 is 5.69 Å². The SMILES string of the molecule is Cc1ccc2c(c1)C[C@H](CN)CN2C. The van der Waals surface area contributed by atoms with Crippen LogP contribution in [0.25, 0.3) is 0 Å². The van der Waals surface area contributed by atoms with E-state index in [0.717, 1.165) is 19.5 Å². The predicted molar refractivity (Wildman–Crippen MR) is 60.7 cm³/mol. The first kappa shape index (κ1) is 9.53. The monoisotopic (exact) mass is 190 g/mol. The zero-order chi connectivity index (χ0) is 10.1. The van der Waals surface area contributed by atoms with Crippen LogP contribution >= 0.6 is 0 Å². The number of fused-ring (bicyclic) bond motifs is 1. The number of rotatable bonds is 1. The van der Waals surface area contributed by atoms with Crippen molar-refractivity contribution in [2.45, 2.75) is 13.3 Å². The molecule has 1 aromatic rings. The Morgan fingerprint density at radius 3 is 3.00 bits per heavy atom. The topological polar surface area (TPSA) is 29.3 Å². The molecule has 0 spiro atoms. The van der Waals surface area contributed by atoms with E-state index in [0.29, 0.717) is 5.92 Å². The maximum absolute atomic E-state index is 5.73. The van der Waals surface area contributed by atoms with Crippen molar-refractivity contribution in [1.29, 1.82) is 0 Å². The van der Waals surface area contributed by atoms with Gasteiger partial charge in [0, 0.05) is 19.3 Å². The van der Waals surface area contributed by atoms with Gasteiger partial charge in [0.05, 0.1) is 0 Å². The second-order valence-corrected chi connectivity index (χ2v) is 4.32. The van der Waals surface area contributed by atoms with Gasteiger partial charge in [0.2, 0.25) is 0 Å². The third-order valence-corrected chi connectivity index (χ3v) is 3.02. The van der Waals surface area contributed by atoms with Gasteiger partial charge in [-0.1, -0.05) is 17.7 Å². The molecular weight excluding hydrogens is 172 g/mol. The lowest BCUT2D eigenvalue weighted by Gasteiger charge is -2.33. The van der Waals surface area contributed by atoms with Crippen molar-refractivity contribution < 1.29 is 0 Å². The molecular formula is C12H18N2. The summed E-state index contributed by atoms with van der Waals surface area (Å²) in [5.74, 6) is 0.620. The highest BCUT2D eigenvalue weighted by Gasteiger charge is 2.20. The highest BCUT2D eigenvalue weighted by molar-refractivity contribution is 5.56. The number of hydrogen-bond acceptors (Lipinski definition) is 2. The van der Waals surface area contributed by atoms with E-state index in [2.05, 4.69) is 37.1 Å². The lowest BCUT2D eigenvalue weighted by molar-refractivity contribution is 0.514. The Balaban J connectivity index is 2.35. The first-order chi connectivity index (χ1) is 6.70. The predicted octanol–water partition coefficient (Wildman–Crippen LogP) is 1.56. The van der Waals surface area contributed by atoms with Crippen LogP contribution in [0, 0.1) is 12.8 Å². The minimum absolute atomic E-state index is 0.620. The zero-order valence-corrected chi connectivity index (χ0v) is 8.96. The summed E-state index contributed by atoms with van der Waals surface area (Å²) in [6.45, 7) is 4.02. The van der Waals surface area contributed by atoms with Gasteiger partial charge in [-0.2, -0.15) is 0 Å². The van der Waals surface area contributed by atoms with Crippen LogP contribution in [0.4, 0.5) is 5.69 Å². The Kier molecular flexibility index (Phi) is 2.46. The van der Waals surface area contributed by atoms with Crippen LogP contribution < -0.4 is 10.6 Å². The van der Waals surface area contributed by atoms with Crippen molar-refractivity contribution in [3.63, 3.8) is 0 Å². The summed E-state index contributed by atoms with van der Waals surface area (Å²) < 4.78 is 0. The van der Waals surface area contributed by atoms with Crippen LogP contribution in [-0.4, -0.2) is 20.1 Å². The minimum Gasteiger partial charge on any atom is -0.374 e. The molecule has 14 heavy (non-hydrogen) atoms. The van der Waals surface area contributed by atoms with Gasteiger partial charge in [-0.25, -0.2) is 0 Å². The summed E-state index contributed by atoms with van der Waals surface area (Å²) in [4.78, 5) is 2.32. The Morgan fingerprint density at radius 2 is 2.29 bits per heavy atom. The molecule has 0 fully saturated rings. The number of nitrogens with zero attached hydrogens (tertiary/aromatic N) is 1. The van der Waals surface area contributed by atoms with E-state index < -0.39 is 0 Å². The van der Waals surface area contributed by atoms with Crippen molar-refractivity contribution in [1.82, 2.24) is 0 Å². The molecule has 2 N–H and O–H groups in total. The molecule has 1 heterocycles. The van der Waals surface area contributed by atoms with E-state index >= 15 is 0 Å². The molecule has 0 amide bonds. The molecule has 0 aromatic heterocycles. The largest absolute Gasteiger partial charge is 0.374 e. The normalized spacial score (nSPS) is 20.8. The van der Waals surface area contributed by atoms with E-state index in [1.54, 1.807) is 0 Å². The fourth-order valence-electron chi connectivity index (χ4n) is 2.27. The molecule has 2 nitrogen and oxygen atoms in total. The molecule has 0 radical (unpaired) electrons. The lowest BCUT2D eigenvalue weighted by Crippen LogP contribution is -2.36. The van der Waals surface area contributed by atoms with Gasteiger partial charge in [0.25, 0.3) is 0 Å². The van der Waals surface area contributed by atoms with Gasteiger partial charge in [0.1, 0.15) is 0 Å². The number of aryl methyl sites for hydroxylation is 1. The van der Waals surface area contributed by atoms with E-state index in [4.69, 9.17) is 5.73 Å². The molecule has 0 unspecified atom stereocenters. The first-order valence-corrected chi connectivity index (χ1v) is 5.21. The average molecular weight is 190 g/mol. The van der Waals surface area contributed by atoms with Crippen LogP contribution in [0.5, 0.6) is 0 Å². The summed E-state index contributed by atoms with van der Waals surface area (Å²) in [5.41, 5.74) is 9.90. The maximum atomic E-state index is 5.73. The number of nitrogens with two attached hydrogens (primary N) is 1. The molecule has 0 saturated heterocycles. The molecule has 0 bridgehead atoms. The van der Waals surface area contributed by atoms with Crippen LogP contribution in [-0.2, 0) is 6.42 Å². The Bertz CT molecular complexity index is 333. The van der Waals surface area contributed by atoms with E-state index in [1.165, 1.54) is 16.8 Å². The van der Waals surface area contributed by atoms with Gasteiger partial charge >= 0.3 is 0 Å². The molecule has 1 aromatic carbocycles. The molecule has 1 atom stereocenters. The molecule has 76 valence electrons. The highest BCUT2D eigenvalue weighted by Crippen LogP contribution is 2.28. The standard InChI is InChI=1S/C12H18N2/c1-9-3-4-12-11(5-9)6-10(7-13)8-14(12)2/h3-5,10H,6-8,13H2,1-2H3/t10-/m1/s1. The number of hydrogen-bond donors (Lipinski definition) is 1. The van der Waals surface area contributed by atoms with Gasteiger partial charge in [-0.15, -0.1) is 0 Å². The van der Waals surface area contributed by atoms with Crippen molar-refractivity contribution in [2.24, 2.45) is 11.7 Å². The smallest absolute Gasteiger partial charge is 0.0396 e. The Labute approximate surface area is 85.7 Å².